The quantitative estimate of drug-likeness (QED) is 0.282. The molecule has 4 rings (SSSR count). The molecule has 5 N–H and O–H groups in total. The maximum atomic E-state index is 13.2. The molecule has 0 bridgehead atoms. The summed E-state index contributed by atoms with van der Waals surface area (Å²) in [6.45, 7) is 0.172. The van der Waals surface area contributed by atoms with Crippen LogP contribution in [0.15, 0.2) is 89.7 Å². The van der Waals surface area contributed by atoms with Gasteiger partial charge in [-0.1, -0.05) is 48.5 Å². The molecule has 1 heterocycles. The second-order valence-corrected chi connectivity index (χ2v) is 8.53. The average molecular weight is 498 g/mol. The summed E-state index contributed by atoms with van der Waals surface area (Å²) in [7, 11) is 0. The fraction of sp³-hybridized carbons (Fsp3) is 0.143. The molecule has 0 aliphatic rings. The van der Waals surface area contributed by atoms with E-state index in [1.807, 2.05) is 48.5 Å². The van der Waals surface area contributed by atoms with Crippen LogP contribution in [-0.4, -0.2) is 40.8 Å². The second-order valence-electron chi connectivity index (χ2n) is 8.53. The van der Waals surface area contributed by atoms with Crippen molar-refractivity contribution in [1.29, 1.82) is 0 Å². The SMILES string of the molecule is NC(=O)CNC(=O)c1ccc2[nH]c(=O)c(CN(CCc3ccccc3)C(=O)Nc3ccccc3)cc2c1. The molecule has 0 radical (unpaired) electrons. The van der Waals surface area contributed by atoms with E-state index in [0.29, 0.717) is 40.7 Å². The van der Waals surface area contributed by atoms with Gasteiger partial charge in [0.15, 0.2) is 0 Å². The molecule has 0 aliphatic carbocycles. The summed E-state index contributed by atoms with van der Waals surface area (Å²) < 4.78 is 0. The standard InChI is InChI=1S/C28H27N5O4/c29-25(34)17-30-26(35)20-11-12-24-21(15-20)16-22(27(36)32-24)18-33(14-13-19-7-3-1-4-8-19)28(37)31-23-9-5-2-6-10-23/h1-12,15-16H,13-14,17-18H2,(H2,29,34)(H,30,35)(H,31,37)(H,32,36). The van der Waals surface area contributed by atoms with Gasteiger partial charge >= 0.3 is 6.03 Å². The lowest BCUT2D eigenvalue weighted by molar-refractivity contribution is -0.117. The molecule has 3 aromatic carbocycles. The molecule has 37 heavy (non-hydrogen) atoms. The number of hydrogen-bond acceptors (Lipinski definition) is 4. The van der Waals surface area contributed by atoms with E-state index in [1.54, 1.807) is 41.3 Å². The van der Waals surface area contributed by atoms with E-state index < -0.39 is 11.8 Å². The molecule has 4 aromatic rings. The number of carbonyl (C=O) groups is 3. The molecule has 0 saturated carbocycles. The van der Waals surface area contributed by atoms with Crippen molar-refractivity contribution in [3.8, 4) is 0 Å². The highest BCUT2D eigenvalue weighted by atomic mass is 16.2. The minimum atomic E-state index is -0.648. The Hall–Kier alpha value is -4.92. The van der Waals surface area contributed by atoms with Gasteiger partial charge in [-0.15, -0.1) is 0 Å². The smallest absolute Gasteiger partial charge is 0.322 e. The lowest BCUT2D eigenvalue weighted by atomic mass is 10.1. The van der Waals surface area contributed by atoms with E-state index in [0.717, 1.165) is 5.56 Å². The summed E-state index contributed by atoms with van der Waals surface area (Å²) in [5, 5.41) is 5.95. The number of nitrogens with two attached hydrogens (primary N) is 1. The van der Waals surface area contributed by atoms with Crippen molar-refractivity contribution in [3.63, 3.8) is 0 Å². The van der Waals surface area contributed by atoms with Crippen molar-refractivity contribution in [2.45, 2.75) is 13.0 Å². The first-order valence-corrected chi connectivity index (χ1v) is 11.8. The minimum Gasteiger partial charge on any atom is -0.368 e. The van der Waals surface area contributed by atoms with Crippen LogP contribution >= 0.6 is 0 Å². The summed E-state index contributed by atoms with van der Waals surface area (Å²) in [5.74, 6) is -1.11. The number of carbonyl (C=O) groups excluding carboxylic acids is 3. The number of anilines is 1. The molecule has 0 atom stereocenters. The molecule has 9 heteroatoms. The van der Waals surface area contributed by atoms with E-state index in [1.165, 1.54) is 0 Å². The maximum absolute atomic E-state index is 13.2. The van der Waals surface area contributed by atoms with Crippen LogP contribution in [0.5, 0.6) is 0 Å². The lowest BCUT2D eigenvalue weighted by Gasteiger charge is -2.23. The van der Waals surface area contributed by atoms with Gasteiger partial charge in [0.1, 0.15) is 0 Å². The Morgan fingerprint density at radius 1 is 0.892 bits per heavy atom. The highest BCUT2D eigenvalue weighted by Gasteiger charge is 2.17. The first kappa shape index (κ1) is 25.2. The molecule has 0 unspecified atom stereocenters. The predicted molar refractivity (Wildman–Crippen MR) is 142 cm³/mol. The van der Waals surface area contributed by atoms with E-state index in [4.69, 9.17) is 5.73 Å². The third-order valence-corrected chi connectivity index (χ3v) is 5.79. The zero-order valence-corrected chi connectivity index (χ0v) is 20.1. The summed E-state index contributed by atoms with van der Waals surface area (Å²) >= 11 is 0. The van der Waals surface area contributed by atoms with E-state index in [9.17, 15) is 19.2 Å². The molecule has 4 amide bonds. The molecule has 9 nitrogen and oxygen atoms in total. The number of nitrogens with one attached hydrogen (secondary N) is 3. The summed E-state index contributed by atoms with van der Waals surface area (Å²) in [4.78, 5) is 53.8. The second kappa shape index (κ2) is 11.7. The van der Waals surface area contributed by atoms with Gasteiger partial charge in [-0.05, 0) is 53.8 Å². The first-order chi connectivity index (χ1) is 17.9. The number of urea groups is 1. The first-order valence-electron chi connectivity index (χ1n) is 11.8. The summed E-state index contributed by atoms with van der Waals surface area (Å²) in [6.07, 6.45) is 0.610. The Morgan fingerprint density at radius 3 is 2.30 bits per heavy atom. The highest BCUT2D eigenvalue weighted by molar-refractivity contribution is 5.99. The number of aromatic nitrogens is 1. The van der Waals surface area contributed by atoms with Gasteiger partial charge in [-0.2, -0.15) is 0 Å². The number of H-pyrrole nitrogens is 1. The van der Waals surface area contributed by atoms with Crippen LogP contribution in [0.2, 0.25) is 0 Å². The van der Waals surface area contributed by atoms with Crippen LogP contribution in [0.3, 0.4) is 0 Å². The predicted octanol–water partition coefficient (Wildman–Crippen LogP) is 3.02. The fourth-order valence-corrected chi connectivity index (χ4v) is 3.87. The Morgan fingerprint density at radius 2 is 1.59 bits per heavy atom. The van der Waals surface area contributed by atoms with Crippen LogP contribution in [-0.2, 0) is 17.8 Å². The number of hydrogen-bond donors (Lipinski definition) is 4. The van der Waals surface area contributed by atoms with Gasteiger partial charge in [0.25, 0.3) is 11.5 Å². The topological polar surface area (TPSA) is 137 Å². The van der Waals surface area contributed by atoms with Gasteiger partial charge in [-0.3, -0.25) is 14.4 Å². The molecular weight excluding hydrogens is 470 g/mol. The fourth-order valence-electron chi connectivity index (χ4n) is 3.87. The van der Waals surface area contributed by atoms with E-state index in [2.05, 4.69) is 15.6 Å². The Kier molecular flexibility index (Phi) is 7.95. The van der Waals surface area contributed by atoms with Crippen molar-refractivity contribution < 1.29 is 14.4 Å². The summed E-state index contributed by atoms with van der Waals surface area (Å²) in [6, 6.07) is 25.0. The Bertz CT molecular complexity index is 1470. The highest BCUT2D eigenvalue weighted by Crippen LogP contribution is 2.16. The van der Waals surface area contributed by atoms with Crippen molar-refractivity contribution in [2.24, 2.45) is 5.73 Å². The van der Waals surface area contributed by atoms with Crippen LogP contribution in [0.4, 0.5) is 10.5 Å². The Balaban J connectivity index is 1.59. The number of para-hydroxylation sites is 1. The monoisotopic (exact) mass is 497 g/mol. The number of nitrogens with zero attached hydrogens (tertiary/aromatic N) is 1. The van der Waals surface area contributed by atoms with Crippen molar-refractivity contribution in [1.82, 2.24) is 15.2 Å². The van der Waals surface area contributed by atoms with Crippen molar-refractivity contribution in [3.05, 3.63) is 112 Å². The zero-order valence-electron chi connectivity index (χ0n) is 20.1. The number of benzene rings is 3. The number of pyridine rings is 1. The van der Waals surface area contributed by atoms with Crippen LogP contribution < -0.4 is 21.9 Å². The number of aromatic amines is 1. The van der Waals surface area contributed by atoms with Gasteiger partial charge in [-0.25, -0.2) is 4.79 Å². The largest absolute Gasteiger partial charge is 0.368 e. The van der Waals surface area contributed by atoms with Gasteiger partial charge in [0.05, 0.1) is 13.1 Å². The Labute approximate surface area is 213 Å². The van der Waals surface area contributed by atoms with Gasteiger partial charge in [0, 0.05) is 28.9 Å². The van der Waals surface area contributed by atoms with Crippen LogP contribution in [0, 0.1) is 0 Å². The summed E-state index contributed by atoms with van der Waals surface area (Å²) in [5.41, 5.74) is 7.72. The minimum absolute atomic E-state index is 0.0644. The van der Waals surface area contributed by atoms with E-state index >= 15 is 0 Å². The number of fused-ring (bicyclic) bond motifs is 1. The molecule has 1 aromatic heterocycles. The number of primary amides is 1. The third kappa shape index (κ3) is 6.82. The third-order valence-electron chi connectivity index (χ3n) is 5.79. The molecule has 0 saturated heterocycles. The molecule has 0 fully saturated rings. The number of amides is 4. The van der Waals surface area contributed by atoms with Crippen molar-refractivity contribution in [2.75, 3.05) is 18.4 Å². The molecule has 188 valence electrons. The normalized spacial score (nSPS) is 10.6. The molecule has 0 aliphatic heterocycles. The van der Waals surface area contributed by atoms with E-state index in [-0.39, 0.29) is 24.7 Å². The van der Waals surface area contributed by atoms with Gasteiger partial charge in [0.2, 0.25) is 5.91 Å². The van der Waals surface area contributed by atoms with Crippen molar-refractivity contribution >= 4 is 34.4 Å². The average Bonchev–Trinajstić information content (AvgIpc) is 2.90. The lowest BCUT2D eigenvalue weighted by Crippen LogP contribution is -2.37. The van der Waals surface area contributed by atoms with Gasteiger partial charge < -0.3 is 26.3 Å². The number of rotatable bonds is 9. The molecule has 0 spiro atoms. The zero-order chi connectivity index (χ0) is 26.2. The molecular formula is C28H27N5O4. The van der Waals surface area contributed by atoms with Crippen LogP contribution in [0.1, 0.15) is 21.5 Å². The maximum Gasteiger partial charge on any atom is 0.322 e. The van der Waals surface area contributed by atoms with Crippen LogP contribution in [0.25, 0.3) is 10.9 Å².